The molecule has 0 saturated carbocycles. The molecule has 2 heterocycles. The molecule has 4 aromatic rings. The molecule has 0 aliphatic carbocycles. The van der Waals surface area contributed by atoms with E-state index < -0.39 is 0 Å². The van der Waals surface area contributed by atoms with E-state index in [0.717, 1.165) is 39.3 Å². The van der Waals surface area contributed by atoms with E-state index in [1.807, 2.05) is 79.5 Å². The second kappa shape index (κ2) is 9.22. The van der Waals surface area contributed by atoms with E-state index in [1.165, 1.54) is 0 Å². The summed E-state index contributed by atoms with van der Waals surface area (Å²) in [6.07, 6.45) is 2.05. The Kier molecular flexibility index (Phi) is 5.95. The first-order valence-electron chi connectivity index (χ1n) is 11.6. The number of benzene rings is 3. The van der Waals surface area contributed by atoms with Gasteiger partial charge in [-0.25, -0.2) is 4.79 Å². The number of nitrogens with one attached hydrogen (secondary N) is 1. The molecule has 0 bridgehead atoms. The summed E-state index contributed by atoms with van der Waals surface area (Å²) < 4.78 is 13.2. The zero-order valence-electron chi connectivity index (χ0n) is 20.4. The number of carbonyl (C=O) groups is 1. The Morgan fingerprint density at radius 2 is 1.71 bits per heavy atom. The highest BCUT2D eigenvalue weighted by Crippen LogP contribution is 2.40. The van der Waals surface area contributed by atoms with Crippen molar-refractivity contribution in [1.29, 1.82) is 0 Å². The molecule has 2 amide bonds. The van der Waals surface area contributed by atoms with Crippen molar-refractivity contribution in [3.05, 3.63) is 107 Å². The predicted molar refractivity (Wildman–Crippen MR) is 138 cm³/mol. The summed E-state index contributed by atoms with van der Waals surface area (Å²) in [5.74, 6) is 1.27. The molecule has 6 heteroatoms. The van der Waals surface area contributed by atoms with Crippen molar-refractivity contribution < 1.29 is 14.3 Å². The van der Waals surface area contributed by atoms with Gasteiger partial charge in [-0.1, -0.05) is 36.4 Å². The molecule has 1 aliphatic rings. The molecule has 0 unspecified atom stereocenters. The van der Waals surface area contributed by atoms with Crippen molar-refractivity contribution in [3.63, 3.8) is 0 Å². The second-order valence-electron chi connectivity index (χ2n) is 8.75. The molecule has 0 saturated heterocycles. The smallest absolute Gasteiger partial charge is 0.322 e. The molecular weight excluding hydrogens is 438 g/mol. The van der Waals surface area contributed by atoms with Gasteiger partial charge in [0.25, 0.3) is 0 Å². The first-order chi connectivity index (χ1) is 17.0. The third-order valence-corrected chi connectivity index (χ3v) is 6.79. The van der Waals surface area contributed by atoms with Crippen LogP contribution in [0.4, 0.5) is 10.5 Å². The van der Waals surface area contributed by atoms with Crippen LogP contribution in [0.2, 0.25) is 0 Å². The van der Waals surface area contributed by atoms with Gasteiger partial charge in [-0.3, -0.25) is 0 Å². The number of rotatable bonds is 4. The number of ether oxygens (including phenoxy) is 2. The lowest BCUT2D eigenvalue weighted by molar-refractivity contribution is 0.194. The van der Waals surface area contributed by atoms with E-state index >= 15 is 0 Å². The number of hydrogen-bond acceptors (Lipinski definition) is 3. The van der Waals surface area contributed by atoms with Crippen molar-refractivity contribution in [3.8, 4) is 17.2 Å². The molecule has 0 fully saturated rings. The molecule has 1 atom stereocenters. The van der Waals surface area contributed by atoms with Gasteiger partial charge >= 0.3 is 6.03 Å². The van der Waals surface area contributed by atoms with Crippen LogP contribution in [0.1, 0.15) is 34.0 Å². The Morgan fingerprint density at radius 3 is 2.51 bits per heavy atom. The molecule has 0 spiro atoms. The summed E-state index contributed by atoms with van der Waals surface area (Å²) in [5.41, 5.74) is 7.08. The number of amides is 2. The maximum Gasteiger partial charge on any atom is 0.322 e. The Hall–Kier alpha value is -4.19. The van der Waals surface area contributed by atoms with Crippen LogP contribution >= 0.6 is 0 Å². The molecule has 5 rings (SSSR count). The number of urea groups is 1. The minimum Gasteiger partial charge on any atom is -0.493 e. The summed E-state index contributed by atoms with van der Waals surface area (Å²) in [6, 6.07) is 23.6. The highest BCUT2D eigenvalue weighted by atomic mass is 16.5. The molecule has 35 heavy (non-hydrogen) atoms. The Bertz CT molecular complexity index is 1390. The first kappa shape index (κ1) is 22.6. The van der Waals surface area contributed by atoms with E-state index in [1.54, 1.807) is 14.2 Å². The van der Waals surface area contributed by atoms with E-state index in [2.05, 4.69) is 28.1 Å². The highest BCUT2D eigenvalue weighted by Gasteiger charge is 2.33. The van der Waals surface area contributed by atoms with Crippen molar-refractivity contribution in [2.75, 3.05) is 19.5 Å². The van der Waals surface area contributed by atoms with Gasteiger partial charge in [0.15, 0.2) is 11.5 Å². The zero-order valence-corrected chi connectivity index (χ0v) is 20.4. The maximum absolute atomic E-state index is 13.9. The number of fused-ring (bicyclic) bond motifs is 3. The monoisotopic (exact) mass is 467 g/mol. The fourth-order valence-electron chi connectivity index (χ4n) is 4.79. The van der Waals surface area contributed by atoms with Crippen LogP contribution in [-0.4, -0.2) is 29.7 Å². The Labute approximate surface area is 205 Å². The van der Waals surface area contributed by atoms with E-state index in [9.17, 15) is 4.79 Å². The van der Waals surface area contributed by atoms with Gasteiger partial charge in [-0.15, -0.1) is 0 Å². The lowest BCUT2D eigenvalue weighted by Gasteiger charge is -2.31. The van der Waals surface area contributed by atoms with Crippen LogP contribution in [0.3, 0.4) is 0 Å². The van der Waals surface area contributed by atoms with E-state index in [0.29, 0.717) is 18.0 Å². The largest absolute Gasteiger partial charge is 0.493 e. The van der Waals surface area contributed by atoms with Crippen molar-refractivity contribution >= 4 is 11.7 Å². The fraction of sp³-hybridized carbons (Fsp3) is 0.207. The summed E-state index contributed by atoms with van der Waals surface area (Å²) in [7, 11) is 3.24. The molecule has 0 radical (unpaired) electrons. The van der Waals surface area contributed by atoms with Crippen molar-refractivity contribution in [1.82, 2.24) is 9.47 Å². The van der Waals surface area contributed by atoms with Gasteiger partial charge in [-0.2, -0.15) is 0 Å². The number of para-hydroxylation sites is 1. The average molecular weight is 468 g/mol. The standard InChI is InChI=1S/C29H29N3O3/c1-19-9-7-11-23(20(19)2)30-29(33)32-18-22-10-5-6-12-24(22)31-16-8-13-25(31)28(32)21-14-15-26(34-3)27(17-21)35-4/h5-17,28H,18H2,1-4H3,(H,30,33)/t28-/m1/s1. The minimum absolute atomic E-state index is 0.164. The molecule has 1 N–H and O–H groups in total. The predicted octanol–water partition coefficient (Wildman–Crippen LogP) is 6.25. The number of carbonyl (C=O) groups excluding carboxylic acids is 1. The third kappa shape index (κ3) is 4.01. The summed E-state index contributed by atoms with van der Waals surface area (Å²) in [4.78, 5) is 15.8. The van der Waals surface area contributed by atoms with Crippen molar-refractivity contribution in [2.45, 2.75) is 26.4 Å². The van der Waals surface area contributed by atoms with Crippen LogP contribution in [0.5, 0.6) is 11.5 Å². The highest BCUT2D eigenvalue weighted by molar-refractivity contribution is 5.91. The van der Waals surface area contributed by atoms with E-state index in [-0.39, 0.29) is 12.1 Å². The van der Waals surface area contributed by atoms with Crippen LogP contribution < -0.4 is 14.8 Å². The van der Waals surface area contributed by atoms with Crippen LogP contribution in [0.25, 0.3) is 5.69 Å². The Balaban J connectivity index is 1.65. The lowest BCUT2D eigenvalue weighted by Crippen LogP contribution is -2.38. The zero-order chi connectivity index (χ0) is 24.5. The SMILES string of the molecule is COc1ccc([C@@H]2c3cccn3-c3ccccc3CN2C(=O)Nc2cccc(C)c2C)cc1OC. The van der Waals surface area contributed by atoms with Gasteiger partial charge in [0, 0.05) is 17.6 Å². The molecule has 178 valence electrons. The normalized spacial score (nSPS) is 14.5. The number of aryl methyl sites for hydroxylation is 1. The third-order valence-electron chi connectivity index (χ3n) is 6.79. The van der Waals surface area contributed by atoms with Gasteiger partial charge in [0.1, 0.15) is 0 Å². The van der Waals surface area contributed by atoms with E-state index in [4.69, 9.17) is 9.47 Å². The van der Waals surface area contributed by atoms with Gasteiger partial charge in [0.05, 0.1) is 32.5 Å². The summed E-state index contributed by atoms with van der Waals surface area (Å²) in [5, 5.41) is 3.18. The van der Waals surface area contributed by atoms with Crippen LogP contribution in [0, 0.1) is 13.8 Å². The number of methoxy groups -OCH3 is 2. The molecule has 1 aliphatic heterocycles. The van der Waals surface area contributed by atoms with Gasteiger partial charge in [-0.05, 0) is 72.5 Å². The minimum atomic E-state index is -0.345. The molecular formula is C29H29N3O3. The average Bonchev–Trinajstić information content (AvgIpc) is 3.30. The van der Waals surface area contributed by atoms with Gasteiger partial charge < -0.3 is 24.3 Å². The second-order valence-corrected chi connectivity index (χ2v) is 8.75. The lowest BCUT2D eigenvalue weighted by atomic mass is 10.0. The number of anilines is 1. The van der Waals surface area contributed by atoms with Gasteiger partial charge in [0.2, 0.25) is 0 Å². The number of hydrogen-bond donors (Lipinski definition) is 1. The molecule has 3 aromatic carbocycles. The summed E-state index contributed by atoms with van der Waals surface area (Å²) in [6.45, 7) is 4.53. The first-order valence-corrected chi connectivity index (χ1v) is 11.6. The fourth-order valence-corrected chi connectivity index (χ4v) is 4.79. The molecule has 1 aromatic heterocycles. The van der Waals surface area contributed by atoms with Crippen LogP contribution in [-0.2, 0) is 6.54 Å². The van der Waals surface area contributed by atoms with Crippen molar-refractivity contribution in [2.24, 2.45) is 0 Å². The topological polar surface area (TPSA) is 55.7 Å². The number of nitrogens with zero attached hydrogens (tertiary/aromatic N) is 2. The maximum atomic E-state index is 13.9. The number of aromatic nitrogens is 1. The molecule has 6 nitrogen and oxygen atoms in total. The Morgan fingerprint density at radius 1 is 0.914 bits per heavy atom. The van der Waals surface area contributed by atoms with Crippen LogP contribution in [0.15, 0.2) is 79.0 Å². The summed E-state index contributed by atoms with van der Waals surface area (Å²) >= 11 is 0. The quantitative estimate of drug-likeness (QED) is 0.386.